The van der Waals surface area contributed by atoms with Crippen LogP contribution in [0.15, 0.2) is 16.3 Å². The van der Waals surface area contributed by atoms with E-state index >= 15 is 0 Å². The number of hydrogen-bond acceptors (Lipinski definition) is 6. The zero-order valence-corrected chi connectivity index (χ0v) is 15.6. The zero-order valence-electron chi connectivity index (χ0n) is 13.9. The van der Waals surface area contributed by atoms with Gasteiger partial charge < -0.3 is 15.2 Å². The maximum Gasteiger partial charge on any atom is 0.308 e. The highest BCUT2D eigenvalue weighted by atomic mass is 32.2. The largest absolute Gasteiger partial charge is 0.481 e. The molecular formula is C15H22N2O6S2. The Hall–Kier alpha value is -1.49. The smallest absolute Gasteiger partial charge is 0.308 e. The monoisotopic (exact) mass is 390 g/mol. The lowest BCUT2D eigenvalue weighted by Crippen LogP contribution is -2.41. The second-order valence-corrected chi connectivity index (χ2v) is 8.49. The SMILES string of the molecule is CCCC(CNC(=O)c1sccc1S(=O)(=O)N1CCOCC1)C(=O)O. The van der Waals surface area contributed by atoms with Crippen LogP contribution in [0.5, 0.6) is 0 Å². The van der Waals surface area contributed by atoms with Gasteiger partial charge in [0.25, 0.3) is 5.91 Å². The lowest BCUT2D eigenvalue weighted by atomic mass is 10.0. The molecule has 0 aromatic carbocycles. The number of hydrogen-bond donors (Lipinski definition) is 2. The minimum absolute atomic E-state index is 0.0308. The summed E-state index contributed by atoms with van der Waals surface area (Å²) in [6, 6.07) is 1.41. The van der Waals surface area contributed by atoms with Gasteiger partial charge in [-0.1, -0.05) is 13.3 Å². The topological polar surface area (TPSA) is 113 Å². The first-order valence-electron chi connectivity index (χ1n) is 8.04. The lowest BCUT2D eigenvalue weighted by Gasteiger charge is -2.26. The highest BCUT2D eigenvalue weighted by molar-refractivity contribution is 7.89. The quantitative estimate of drug-likeness (QED) is 0.685. The van der Waals surface area contributed by atoms with Gasteiger partial charge in [0.2, 0.25) is 10.0 Å². The van der Waals surface area contributed by atoms with Crippen molar-refractivity contribution in [3.05, 3.63) is 16.3 Å². The molecule has 1 unspecified atom stereocenters. The number of ether oxygens (including phenoxy) is 1. The zero-order chi connectivity index (χ0) is 18.4. The number of sulfonamides is 1. The molecule has 140 valence electrons. The number of amides is 1. The average molecular weight is 390 g/mol. The van der Waals surface area contributed by atoms with E-state index in [1.807, 2.05) is 6.92 Å². The molecule has 1 aliphatic heterocycles. The molecule has 0 spiro atoms. The number of rotatable bonds is 8. The number of carbonyl (C=O) groups excluding carboxylic acids is 1. The van der Waals surface area contributed by atoms with Crippen LogP contribution in [0.3, 0.4) is 0 Å². The molecule has 0 bridgehead atoms. The molecule has 1 atom stereocenters. The van der Waals surface area contributed by atoms with Gasteiger partial charge >= 0.3 is 5.97 Å². The van der Waals surface area contributed by atoms with Crippen LogP contribution < -0.4 is 5.32 Å². The number of carbonyl (C=O) groups is 2. The van der Waals surface area contributed by atoms with Gasteiger partial charge in [-0.05, 0) is 17.9 Å². The number of nitrogens with one attached hydrogen (secondary N) is 1. The first kappa shape index (κ1) is 19.8. The van der Waals surface area contributed by atoms with Crippen LogP contribution in [-0.4, -0.2) is 62.6 Å². The summed E-state index contributed by atoms with van der Waals surface area (Å²) < 4.78 is 31.9. The minimum atomic E-state index is -3.77. The van der Waals surface area contributed by atoms with Crippen molar-refractivity contribution in [1.82, 2.24) is 9.62 Å². The third-order valence-electron chi connectivity index (χ3n) is 3.92. The Morgan fingerprint density at radius 3 is 2.68 bits per heavy atom. The molecule has 1 aliphatic rings. The van der Waals surface area contributed by atoms with Crippen LogP contribution in [0.4, 0.5) is 0 Å². The fourth-order valence-corrected chi connectivity index (χ4v) is 5.27. The molecule has 2 N–H and O–H groups in total. The molecule has 1 aromatic rings. The number of carboxylic acids is 1. The van der Waals surface area contributed by atoms with E-state index in [1.54, 1.807) is 5.38 Å². The van der Waals surface area contributed by atoms with Crippen LogP contribution in [-0.2, 0) is 19.6 Å². The summed E-state index contributed by atoms with van der Waals surface area (Å²) >= 11 is 1.03. The van der Waals surface area contributed by atoms with Gasteiger partial charge in [-0.15, -0.1) is 11.3 Å². The number of nitrogens with zero attached hydrogens (tertiary/aromatic N) is 1. The van der Waals surface area contributed by atoms with Crippen molar-refractivity contribution in [2.24, 2.45) is 5.92 Å². The predicted octanol–water partition coefficient (Wildman–Crippen LogP) is 1.000. The maximum absolute atomic E-state index is 12.7. The van der Waals surface area contributed by atoms with Crippen molar-refractivity contribution < 1.29 is 27.9 Å². The van der Waals surface area contributed by atoms with Gasteiger partial charge in [-0.3, -0.25) is 9.59 Å². The van der Waals surface area contributed by atoms with Gasteiger partial charge in [-0.25, -0.2) is 8.42 Å². The molecule has 1 aromatic heterocycles. The molecule has 8 nitrogen and oxygen atoms in total. The standard InChI is InChI=1S/C15H22N2O6S2/c1-2-3-11(15(19)20)10-16-14(18)13-12(4-9-24-13)25(21,22)17-5-7-23-8-6-17/h4,9,11H,2-3,5-8,10H2,1H3,(H,16,18)(H,19,20). The second-order valence-electron chi connectivity index (χ2n) is 5.66. The first-order chi connectivity index (χ1) is 11.9. The fourth-order valence-electron chi connectivity index (χ4n) is 2.55. The lowest BCUT2D eigenvalue weighted by molar-refractivity contribution is -0.141. The molecule has 10 heteroatoms. The molecule has 0 saturated carbocycles. The molecule has 25 heavy (non-hydrogen) atoms. The van der Waals surface area contributed by atoms with E-state index in [9.17, 15) is 18.0 Å². The Morgan fingerprint density at radius 2 is 2.08 bits per heavy atom. The molecule has 0 radical (unpaired) electrons. The number of morpholine rings is 1. The summed E-state index contributed by atoms with van der Waals surface area (Å²) in [5.74, 6) is -2.23. The van der Waals surface area contributed by atoms with E-state index in [1.165, 1.54) is 10.4 Å². The second kappa shape index (κ2) is 8.75. The molecular weight excluding hydrogens is 368 g/mol. The van der Waals surface area contributed by atoms with E-state index in [4.69, 9.17) is 9.84 Å². The normalized spacial score (nSPS) is 17.2. The Morgan fingerprint density at radius 1 is 1.40 bits per heavy atom. The van der Waals surface area contributed by atoms with Gasteiger partial charge in [0.05, 0.1) is 19.1 Å². The van der Waals surface area contributed by atoms with E-state index in [2.05, 4.69) is 5.32 Å². The van der Waals surface area contributed by atoms with Crippen LogP contribution in [0.25, 0.3) is 0 Å². The third kappa shape index (κ3) is 4.78. The van der Waals surface area contributed by atoms with Crippen molar-refractivity contribution in [2.75, 3.05) is 32.8 Å². The Labute approximate surface area is 150 Å². The molecule has 0 aliphatic carbocycles. The summed E-state index contributed by atoms with van der Waals surface area (Å²) in [5, 5.41) is 13.2. The average Bonchev–Trinajstić information content (AvgIpc) is 3.09. The van der Waals surface area contributed by atoms with Crippen molar-refractivity contribution in [2.45, 2.75) is 24.7 Å². The Kier molecular flexibility index (Phi) is 6.94. The molecule has 1 fully saturated rings. The van der Waals surface area contributed by atoms with E-state index in [-0.39, 0.29) is 29.4 Å². The summed E-state index contributed by atoms with van der Waals surface area (Å²) in [6.45, 7) is 2.97. The summed E-state index contributed by atoms with van der Waals surface area (Å²) in [5.41, 5.74) is 0. The third-order valence-corrected chi connectivity index (χ3v) is 6.90. The summed E-state index contributed by atoms with van der Waals surface area (Å²) in [7, 11) is -3.77. The van der Waals surface area contributed by atoms with Crippen molar-refractivity contribution in [3.63, 3.8) is 0 Å². The van der Waals surface area contributed by atoms with Crippen molar-refractivity contribution in [3.8, 4) is 0 Å². The Bertz CT molecular complexity index is 709. The number of aliphatic carboxylic acids is 1. The fraction of sp³-hybridized carbons (Fsp3) is 0.600. The highest BCUT2D eigenvalue weighted by Crippen LogP contribution is 2.26. The summed E-state index contributed by atoms with van der Waals surface area (Å²) in [6.07, 6.45) is 1.13. The summed E-state index contributed by atoms with van der Waals surface area (Å²) in [4.78, 5) is 23.6. The van der Waals surface area contributed by atoms with E-state index in [0.29, 0.717) is 26.1 Å². The van der Waals surface area contributed by atoms with Crippen molar-refractivity contribution in [1.29, 1.82) is 0 Å². The van der Waals surface area contributed by atoms with Crippen LogP contribution in [0.2, 0.25) is 0 Å². The van der Waals surface area contributed by atoms with Crippen LogP contribution in [0, 0.1) is 5.92 Å². The van der Waals surface area contributed by atoms with Crippen LogP contribution >= 0.6 is 11.3 Å². The Balaban J connectivity index is 2.12. The van der Waals surface area contributed by atoms with Crippen LogP contribution in [0.1, 0.15) is 29.4 Å². The van der Waals surface area contributed by atoms with Gasteiger partial charge in [0.1, 0.15) is 9.77 Å². The van der Waals surface area contributed by atoms with E-state index < -0.39 is 27.8 Å². The molecule has 2 heterocycles. The van der Waals surface area contributed by atoms with Crippen molar-refractivity contribution >= 4 is 33.2 Å². The van der Waals surface area contributed by atoms with Gasteiger partial charge in [0.15, 0.2) is 0 Å². The number of carboxylic acid groups (broad SMARTS) is 1. The number of thiophene rings is 1. The molecule has 1 amide bonds. The minimum Gasteiger partial charge on any atom is -0.481 e. The van der Waals surface area contributed by atoms with Gasteiger partial charge in [-0.2, -0.15) is 4.31 Å². The molecule has 2 rings (SSSR count). The first-order valence-corrected chi connectivity index (χ1v) is 10.4. The maximum atomic E-state index is 12.7. The molecule has 1 saturated heterocycles. The predicted molar refractivity (Wildman–Crippen MR) is 92.3 cm³/mol. The van der Waals surface area contributed by atoms with Gasteiger partial charge in [0, 0.05) is 19.6 Å². The highest BCUT2D eigenvalue weighted by Gasteiger charge is 2.31. The van der Waals surface area contributed by atoms with E-state index in [0.717, 1.165) is 11.3 Å².